The lowest BCUT2D eigenvalue weighted by Gasteiger charge is -2.07. The van der Waals surface area contributed by atoms with Gasteiger partial charge in [-0.15, -0.1) is 11.3 Å². The summed E-state index contributed by atoms with van der Waals surface area (Å²) >= 11 is 1.51. The van der Waals surface area contributed by atoms with E-state index in [4.69, 9.17) is 0 Å². The molecule has 0 radical (unpaired) electrons. The Kier molecular flexibility index (Phi) is 4.42. The molecule has 0 aliphatic carbocycles. The van der Waals surface area contributed by atoms with Crippen molar-refractivity contribution in [1.82, 2.24) is 15.3 Å². The highest BCUT2D eigenvalue weighted by atomic mass is 32.1. The van der Waals surface area contributed by atoms with Gasteiger partial charge >= 0.3 is 0 Å². The standard InChI is InChI=1S/C14H18N4O2S/c1-8-5-9(2)16-13(20)11(8)12(19)15-6-10-7-21-14(17-10)18(3)4/h5,7H,6H2,1-4H3,(H,15,19)(H,16,20). The summed E-state index contributed by atoms with van der Waals surface area (Å²) in [5.74, 6) is -0.381. The lowest BCUT2D eigenvalue weighted by molar-refractivity contribution is 0.0948. The number of rotatable bonds is 4. The minimum atomic E-state index is -0.381. The second-order valence-corrected chi connectivity index (χ2v) is 5.87. The van der Waals surface area contributed by atoms with Crippen molar-refractivity contribution in [2.75, 3.05) is 19.0 Å². The Morgan fingerprint density at radius 2 is 2.14 bits per heavy atom. The largest absolute Gasteiger partial charge is 0.354 e. The van der Waals surface area contributed by atoms with E-state index in [-0.39, 0.29) is 17.0 Å². The summed E-state index contributed by atoms with van der Waals surface area (Å²) in [7, 11) is 3.83. The first kappa shape index (κ1) is 15.2. The molecular weight excluding hydrogens is 288 g/mol. The van der Waals surface area contributed by atoms with Gasteiger partial charge in [0.25, 0.3) is 11.5 Å². The number of anilines is 1. The van der Waals surface area contributed by atoms with Gasteiger partial charge in [-0.2, -0.15) is 0 Å². The third-order valence-corrected chi connectivity index (χ3v) is 4.00. The molecular formula is C14H18N4O2S. The van der Waals surface area contributed by atoms with Gasteiger partial charge in [-0.25, -0.2) is 4.98 Å². The van der Waals surface area contributed by atoms with Crippen LogP contribution >= 0.6 is 11.3 Å². The smallest absolute Gasteiger partial charge is 0.261 e. The molecule has 2 heterocycles. The van der Waals surface area contributed by atoms with E-state index in [9.17, 15) is 9.59 Å². The number of carbonyl (C=O) groups excluding carboxylic acids is 1. The fourth-order valence-corrected chi connectivity index (χ4v) is 2.74. The van der Waals surface area contributed by atoms with Crippen LogP contribution in [0.1, 0.15) is 27.3 Å². The Labute approximate surface area is 126 Å². The van der Waals surface area contributed by atoms with Gasteiger partial charge in [0.15, 0.2) is 5.13 Å². The van der Waals surface area contributed by atoms with Crippen LogP contribution in [0.4, 0.5) is 5.13 Å². The normalized spacial score (nSPS) is 10.5. The Morgan fingerprint density at radius 1 is 1.43 bits per heavy atom. The van der Waals surface area contributed by atoms with Gasteiger partial charge in [0.1, 0.15) is 5.56 Å². The van der Waals surface area contributed by atoms with Crippen molar-refractivity contribution in [3.05, 3.63) is 44.3 Å². The number of thiazole rings is 1. The molecule has 1 amide bonds. The summed E-state index contributed by atoms with van der Waals surface area (Å²) in [6.45, 7) is 3.84. The molecule has 2 aromatic heterocycles. The first-order valence-corrected chi connectivity index (χ1v) is 7.37. The van der Waals surface area contributed by atoms with Gasteiger partial charge in [0, 0.05) is 25.2 Å². The third-order valence-electron chi connectivity index (χ3n) is 2.94. The molecule has 0 saturated heterocycles. The van der Waals surface area contributed by atoms with E-state index < -0.39 is 0 Å². The number of aromatic nitrogens is 2. The molecule has 2 aromatic rings. The van der Waals surface area contributed by atoms with Gasteiger partial charge < -0.3 is 15.2 Å². The predicted molar refractivity (Wildman–Crippen MR) is 84.1 cm³/mol. The first-order valence-electron chi connectivity index (χ1n) is 6.49. The zero-order valence-corrected chi connectivity index (χ0v) is 13.3. The summed E-state index contributed by atoms with van der Waals surface area (Å²) < 4.78 is 0. The van der Waals surface area contributed by atoms with Crippen molar-refractivity contribution in [2.45, 2.75) is 20.4 Å². The maximum atomic E-state index is 12.1. The second-order valence-electron chi connectivity index (χ2n) is 5.04. The Morgan fingerprint density at radius 3 is 2.71 bits per heavy atom. The van der Waals surface area contributed by atoms with E-state index in [1.807, 2.05) is 24.4 Å². The summed E-state index contributed by atoms with van der Waals surface area (Å²) in [6, 6.07) is 1.78. The fourth-order valence-electron chi connectivity index (χ4n) is 1.98. The van der Waals surface area contributed by atoms with Gasteiger partial charge in [0.05, 0.1) is 12.2 Å². The van der Waals surface area contributed by atoms with Crippen molar-refractivity contribution < 1.29 is 4.79 Å². The van der Waals surface area contributed by atoms with Crippen LogP contribution < -0.4 is 15.8 Å². The number of pyridine rings is 1. The summed E-state index contributed by atoms with van der Waals surface area (Å²) in [5, 5.41) is 5.50. The molecule has 0 atom stereocenters. The van der Waals surface area contributed by atoms with E-state index in [2.05, 4.69) is 15.3 Å². The SMILES string of the molecule is Cc1cc(C)c(C(=O)NCc2csc(N(C)C)n2)c(=O)[nH]1. The lowest BCUT2D eigenvalue weighted by Crippen LogP contribution is -2.30. The summed E-state index contributed by atoms with van der Waals surface area (Å²) in [5.41, 5.74) is 1.98. The van der Waals surface area contributed by atoms with Crippen molar-refractivity contribution in [3.63, 3.8) is 0 Å². The molecule has 6 nitrogen and oxygen atoms in total. The molecule has 0 aliphatic heterocycles. The van der Waals surface area contributed by atoms with Gasteiger partial charge in [-0.05, 0) is 25.5 Å². The highest BCUT2D eigenvalue weighted by Crippen LogP contribution is 2.17. The second kappa shape index (κ2) is 6.09. The molecule has 21 heavy (non-hydrogen) atoms. The molecule has 112 valence electrons. The minimum absolute atomic E-state index is 0.156. The van der Waals surface area contributed by atoms with Crippen LogP contribution in [-0.4, -0.2) is 30.0 Å². The molecule has 0 bridgehead atoms. The maximum absolute atomic E-state index is 12.1. The number of amides is 1. The average Bonchev–Trinajstić information content (AvgIpc) is 2.84. The number of hydrogen-bond acceptors (Lipinski definition) is 5. The number of hydrogen-bond donors (Lipinski definition) is 2. The molecule has 0 spiro atoms. The van der Waals surface area contributed by atoms with Crippen LogP contribution in [0.2, 0.25) is 0 Å². The molecule has 0 fully saturated rings. The van der Waals surface area contributed by atoms with Crippen LogP contribution in [0.25, 0.3) is 0 Å². The van der Waals surface area contributed by atoms with Crippen molar-refractivity contribution in [1.29, 1.82) is 0 Å². The quantitative estimate of drug-likeness (QED) is 0.896. The number of nitrogens with zero attached hydrogens (tertiary/aromatic N) is 2. The fraction of sp³-hybridized carbons (Fsp3) is 0.357. The van der Waals surface area contributed by atoms with E-state index in [0.717, 1.165) is 16.5 Å². The highest BCUT2D eigenvalue weighted by molar-refractivity contribution is 7.13. The van der Waals surface area contributed by atoms with Crippen LogP contribution in [0.15, 0.2) is 16.2 Å². The topological polar surface area (TPSA) is 78.1 Å². The van der Waals surface area contributed by atoms with Crippen LogP contribution in [0, 0.1) is 13.8 Å². The average molecular weight is 306 g/mol. The van der Waals surface area contributed by atoms with E-state index in [1.165, 1.54) is 11.3 Å². The van der Waals surface area contributed by atoms with Gasteiger partial charge in [0.2, 0.25) is 0 Å². The number of aryl methyl sites for hydroxylation is 2. The first-order chi connectivity index (χ1) is 9.88. The molecule has 7 heteroatoms. The maximum Gasteiger partial charge on any atom is 0.261 e. The number of H-pyrrole nitrogens is 1. The van der Waals surface area contributed by atoms with Crippen molar-refractivity contribution in [3.8, 4) is 0 Å². The van der Waals surface area contributed by atoms with Gasteiger partial charge in [-0.3, -0.25) is 9.59 Å². The molecule has 2 N–H and O–H groups in total. The Hall–Kier alpha value is -2.15. The molecule has 0 unspecified atom stereocenters. The number of nitrogens with one attached hydrogen (secondary N) is 2. The monoisotopic (exact) mass is 306 g/mol. The van der Waals surface area contributed by atoms with Crippen LogP contribution in [-0.2, 0) is 6.54 Å². The zero-order valence-electron chi connectivity index (χ0n) is 12.5. The van der Waals surface area contributed by atoms with E-state index in [1.54, 1.807) is 19.9 Å². The molecule has 0 aliphatic rings. The third kappa shape index (κ3) is 3.49. The van der Waals surface area contributed by atoms with E-state index in [0.29, 0.717) is 12.1 Å². The summed E-state index contributed by atoms with van der Waals surface area (Å²) in [6.07, 6.45) is 0. The number of carbonyl (C=O) groups is 1. The Bertz CT molecular complexity index is 718. The van der Waals surface area contributed by atoms with Crippen molar-refractivity contribution in [2.24, 2.45) is 0 Å². The van der Waals surface area contributed by atoms with Gasteiger partial charge in [-0.1, -0.05) is 0 Å². The lowest BCUT2D eigenvalue weighted by atomic mass is 10.1. The molecule has 2 rings (SSSR count). The molecule has 0 saturated carbocycles. The van der Waals surface area contributed by atoms with E-state index >= 15 is 0 Å². The Balaban J connectivity index is 2.10. The van der Waals surface area contributed by atoms with Crippen LogP contribution in [0.5, 0.6) is 0 Å². The summed E-state index contributed by atoms with van der Waals surface area (Å²) in [4.78, 5) is 32.9. The predicted octanol–water partition coefficient (Wildman–Crippen LogP) is 1.44. The number of aromatic amines is 1. The zero-order chi connectivity index (χ0) is 15.6. The van der Waals surface area contributed by atoms with Crippen molar-refractivity contribution >= 4 is 22.4 Å². The van der Waals surface area contributed by atoms with Crippen LogP contribution in [0.3, 0.4) is 0 Å². The highest BCUT2D eigenvalue weighted by Gasteiger charge is 2.14. The molecule has 0 aromatic carbocycles. The minimum Gasteiger partial charge on any atom is -0.354 e.